The summed E-state index contributed by atoms with van der Waals surface area (Å²) in [4.78, 5) is 0. The van der Waals surface area contributed by atoms with Gasteiger partial charge in [0.05, 0.1) is 13.2 Å². The molecule has 0 saturated heterocycles. The third kappa shape index (κ3) is 8.54. The standard InChI is InChI=1S/C6H8N2O3/c7-5-10-3-1-9-2-4-11-6-8/h1-4H2. The summed E-state index contributed by atoms with van der Waals surface area (Å²) in [6.45, 7) is 1.15. The molecule has 0 amide bonds. The van der Waals surface area contributed by atoms with E-state index in [0.29, 0.717) is 13.2 Å². The van der Waals surface area contributed by atoms with Gasteiger partial charge >= 0.3 is 0 Å². The first-order valence-corrected chi connectivity index (χ1v) is 3.01. The fraction of sp³-hybridized carbons (Fsp3) is 0.667. The first kappa shape index (κ1) is 9.54. The molecule has 11 heavy (non-hydrogen) atoms. The molecule has 60 valence electrons. The van der Waals surface area contributed by atoms with Crippen molar-refractivity contribution in [1.82, 2.24) is 0 Å². The molecular weight excluding hydrogens is 148 g/mol. The van der Waals surface area contributed by atoms with Gasteiger partial charge in [0.1, 0.15) is 13.2 Å². The molecule has 0 radical (unpaired) electrons. The van der Waals surface area contributed by atoms with Crippen molar-refractivity contribution >= 4 is 0 Å². The molecule has 0 aliphatic carbocycles. The van der Waals surface area contributed by atoms with Gasteiger partial charge in [-0.05, 0) is 0 Å². The Balaban J connectivity index is 2.82. The van der Waals surface area contributed by atoms with E-state index >= 15 is 0 Å². The second-order valence-electron chi connectivity index (χ2n) is 1.49. The average Bonchev–Trinajstić information content (AvgIpc) is 2.03. The van der Waals surface area contributed by atoms with Crippen molar-refractivity contribution in [2.45, 2.75) is 0 Å². The van der Waals surface area contributed by atoms with Crippen LogP contribution in [0.4, 0.5) is 0 Å². The SMILES string of the molecule is N#COCCOCCOC#N. The predicted octanol–water partition coefficient (Wildman–Crippen LogP) is -0.00164. The molecule has 0 aliphatic heterocycles. The quantitative estimate of drug-likeness (QED) is 0.399. The van der Waals surface area contributed by atoms with E-state index in [1.165, 1.54) is 12.5 Å². The molecule has 0 N–H and O–H groups in total. The molecule has 0 rings (SSSR count). The van der Waals surface area contributed by atoms with Crippen LogP contribution in [-0.4, -0.2) is 26.4 Å². The molecule has 0 aromatic heterocycles. The number of nitrogens with zero attached hydrogens (tertiary/aromatic N) is 2. The molecule has 0 aliphatic rings. The summed E-state index contributed by atoms with van der Waals surface area (Å²) in [5.74, 6) is 0. The van der Waals surface area contributed by atoms with Crippen molar-refractivity contribution in [1.29, 1.82) is 10.5 Å². The van der Waals surface area contributed by atoms with Gasteiger partial charge in [-0.25, -0.2) is 0 Å². The molecule has 0 unspecified atom stereocenters. The van der Waals surface area contributed by atoms with Crippen LogP contribution in [0.1, 0.15) is 0 Å². The topological polar surface area (TPSA) is 75.3 Å². The van der Waals surface area contributed by atoms with E-state index in [2.05, 4.69) is 9.47 Å². The highest BCUT2D eigenvalue weighted by atomic mass is 16.5. The van der Waals surface area contributed by atoms with Gasteiger partial charge in [0.25, 0.3) is 12.5 Å². The summed E-state index contributed by atoms with van der Waals surface area (Å²) in [5.41, 5.74) is 0. The van der Waals surface area contributed by atoms with Crippen LogP contribution in [0.3, 0.4) is 0 Å². The van der Waals surface area contributed by atoms with Crippen LogP contribution >= 0.6 is 0 Å². The molecular formula is C6H8N2O3. The lowest BCUT2D eigenvalue weighted by molar-refractivity contribution is 0.0619. The van der Waals surface area contributed by atoms with Crippen molar-refractivity contribution in [3.8, 4) is 12.5 Å². The number of hydrogen-bond donors (Lipinski definition) is 0. The van der Waals surface area contributed by atoms with E-state index in [9.17, 15) is 0 Å². The normalized spacial score (nSPS) is 7.82. The Kier molecular flexibility index (Phi) is 7.41. The summed E-state index contributed by atoms with van der Waals surface area (Å²) in [7, 11) is 0. The minimum Gasteiger partial charge on any atom is -0.425 e. The Morgan fingerprint density at radius 2 is 1.27 bits per heavy atom. The maximum atomic E-state index is 7.91. The second-order valence-corrected chi connectivity index (χ2v) is 1.49. The second kappa shape index (κ2) is 8.54. The van der Waals surface area contributed by atoms with E-state index in [0.717, 1.165) is 0 Å². The van der Waals surface area contributed by atoms with Crippen molar-refractivity contribution < 1.29 is 14.2 Å². The average molecular weight is 156 g/mol. The van der Waals surface area contributed by atoms with Gasteiger partial charge < -0.3 is 14.2 Å². The van der Waals surface area contributed by atoms with E-state index < -0.39 is 0 Å². The highest BCUT2D eigenvalue weighted by Crippen LogP contribution is 1.77. The zero-order valence-electron chi connectivity index (χ0n) is 5.95. The fourth-order valence-corrected chi connectivity index (χ4v) is 0.395. The zero-order valence-corrected chi connectivity index (χ0v) is 5.95. The van der Waals surface area contributed by atoms with E-state index in [-0.39, 0.29) is 13.2 Å². The van der Waals surface area contributed by atoms with E-state index in [1.807, 2.05) is 0 Å². The van der Waals surface area contributed by atoms with Crippen molar-refractivity contribution in [2.24, 2.45) is 0 Å². The molecule has 5 heteroatoms. The fourth-order valence-electron chi connectivity index (χ4n) is 0.395. The number of ether oxygens (including phenoxy) is 3. The number of hydrogen-bond acceptors (Lipinski definition) is 5. The molecule has 0 heterocycles. The van der Waals surface area contributed by atoms with Gasteiger partial charge in [-0.15, -0.1) is 0 Å². The van der Waals surface area contributed by atoms with E-state index in [4.69, 9.17) is 15.3 Å². The van der Waals surface area contributed by atoms with Crippen molar-refractivity contribution in [2.75, 3.05) is 26.4 Å². The predicted molar refractivity (Wildman–Crippen MR) is 33.9 cm³/mol. The van der Waals surface area contributed by atoms with Crippen molar-refractivity contribution in [3.05, 3.63) is 0 Å². The van der Waals surface area contributed by atoms with Crippen LogP contribution in [0.15, 0.2) is 0 Å². The molecule has 0 bridgehead atoms. The molecule has 0 atom stereocenters. The van der Waals surface area contributed by atoms with Crippen LogP contribution < -0.4 is 0 Å². The Labute approximate surface area is 64.7 Å². The first-order chi connectivity index (χ1) is 5.41. The Morgan fingerprint density at radius 1 is 0.818 bits per heavy atom. The monoisotopic (exact) mass is 156 g/mol. The summed E-state index contributed by atoms with van der Waals surface area (Å²) in [6, 6.07) is 0. The lowest BCUT2D eigenvalue weighted by atomic mass is 10.7. The lowest BCUT2D eigenvalue weighted by Crippen LogP contribution is -2.06. The Morgan fingerprint density at radius 3 is 1.64 bits per heavy atom. The van der Waals surface area contributed by atoms with Gasteiger partial charge in [0, 0.05) is 0 Å². The summed E-state index contributed by atoms with van der Waals surface area (Å²) in [6.07, 6.45) is 3.01. The highest BCUT2D eigenvalue weighted by Gasteiger charge is 1.88. The van der Waals surface area contributed by atoms with Crippen LogP contribution in [0.5, 0.6) is 0 Å². The largest absolute Gasteiger partial charge is 0.425 e. The maximum Gasteiger partial charge on any atom is 0.286 e. The number of rotatable bonds is 6. The Bertz CT molecular complexity index is 140. The Hall–Kier alpha value is -1.46. The van der Waals surface area contributed by atoms with Crippen LogP contribution in [0.2, 0.25) is 0 Å². The summed E-state index contributed by atoms with van der Waals surface area (Å²) >= 11 is 0. The van der Waals surface area contributed by atoms with Crippen LogP contribution in [-0.2, 0) is 14.2 Å². The number of nitriles is 2. The molecule has 0 aromatic rings. The van der Waals surface area contributed by atoms with Crippen LogP contribution in [0.25, 0.3) is 0 Å². The van der Waals surface area contributed by atoms with Gasteiger partial charge in [-0.3, -0.25) is 0 Å². The highest BCUT2D eigenvalue weighted by molar-refractivity contribution is 4.48. The molecule has 0 fully saturated rings. The van der Waals surface area contributed by atoms with Gasteiger partial charge in [-0.1, -0.05) is 0 Å². The summed E-state index contributed by atoms with van der Waals surface area (Å²) in [5, 5.41) is 15.8. The molecule has 0 spiro atoms. The lowest BCUT2D eigenvalue weighted by Gasteiger charge is -1.99. The minimum absolute atomic E-state index is 0.239. The van der Waals surface area contributed by atoms with Gasteiger partial charge in [0.15, 0.2) is 0 Å². The van der Waals surface area contributed by atoms with Crippen LogP contribution in [0, 0.1) is 23.0 Å². The third-order valence-corrected chi connectivity index (χ3v) is 0.789. The third-order valence-electron chi connectivity index (χ3n) is 0.789. The first-order valence-electron chi connectivity index (χ1n) is 3.01. The zero-order chi connectivity index (χ0) is 8.36. The molecule has 5 nitrogen and oxygen atoms in total. The molecule has 0 saturated carbocycles. The smallest absolute Gasteiger partial charge is 0.286 e. The molecule has 0 aromatic carbocycles. The minimum atomic E-state index is 0.239. The van der Waals surface area contributed by atoms with Gasteiger partial charge in [0.2, 0.25) is 0 Å². The van der Waals surface area contributed by atoms with E-state index in [1.54, 1.807) is 0 Å². The van der Waals surface area contributed by atoms with Crippen molar-refractivity contribution in [3.63, 3.8) is 0 Å². The maximum absolute atomic E-state index is 7.91. The summed E-state index contributed by atoms with van der Waals surface area (Å²) < 4.78 is 13.5. The van der Waals surface area contributed by atoms with Gasteiger partial charge in [-0.2, -0.15) is 10.5 Å².